The van der Waals surface area contributed by atoms with Gasteiger partial charge in [0.25, 0.3) is 0 Å². The summed E-state index contributed by atoms with van der Waals surface area (Å²) >= 11 is 1.70. The Bertz CT molecular complexity index is 398. The fourth-order valence-corrected chi connectivity index (χ4v) is 3.22. The lowest BCUT2D eigenvalue weighted by Crippen LogP contribution is -2.31. The van der Waals surface area contributed by atoms with Gasteiger partial charge in [0.15, 0.2) is 0 Å². The van der Waals surface area contributed by atoms with Gasteiger partial charge in [0.05, 0.1) is 0 Å². The van der Waals surface area contributed by atoms with Crippen LogP contribution in [-0.4, -0.2) is 33.0 Å². The molecular formula is C12H21NO2S2. The van der Waals surface area contributed by atoms with Crippen molar-refractivity contribution in [3.63, 3.8) is 0 Å². The molecule has 0 fully saturated rings. The number of hydrogen-bond acceptors (Lipinski definition) is 4. The van der Waals surface area contributed by atoms with Gasteiger partial charge in [-0.05, 0) is 48.2 Å². The third-order valence-electron chi connectivity index (χ3n) is 2.62. The Balaban J connectivity index is 2.38. The second-order valence-corrected chi connectivity index (χ2v) is 7.40. The number of hydrogen-bond donors (Lipinski definition) is 1. The summed E-state index contributed by atoms with van der Waals surface area (Å²) < 4.78 is 22.1. The zero-order chi connectivity index (χ0) is 12.7. The molecule has 0 aliphatic carbocycles. The van der Waals surface area contributed by atoms with Gasteiger partial charge in [-0.25, -0.2) is 8.42 Å². The zero-order valence-corrected chi connectivity index (χ0v) is 12.1. The summed E-state index contributed by atoms with van der Waals surface area (Å²) in [6, 6.07) is 2.52. The van der Waals surface area contributed by atoms with Crippen LogP contribution in [0.5, 0.6) is 0 Å². The SMILES string of the molecule is CCNC(CCCS(C)(=O)=O)Cc1ccsc1. The van der Waals surface area contributed by atoms with E-state index in [0.29, 0.717) is 11.8 Å². The van der Waals surface area contributed by atoms with Gasteiger partial charge in [0.1, 0.15) is 9.84 Å². The van der Waals surface area contributed by atoms with Crippen molar-refractivity contribution in [3.8, 4) is 0 Å². The highest BCUT2D eigenvalue weighted by molar-refractivity contribution is 7.90. The Morgan fingerprint density at radius 1 is 1.47 bits per heavy atom. The van der Waals surface area contributed by atoms with Crippen LogP contribution in [0.2, 0.25) is 0 Å². The van der Waals surface area contributed by atoms with Crippen molar-refractivity contribution in [2.75, 3.05) is 18.6 Å². The first-order valence-electron chi connectivity index (χ1n) is 5.93. The number of nitrogens with one attached hydrogen (secondary N) is 1. The molecule has 0 aliphatic rings. The maximum Gasteiger partial charge on any atom is 0.147 e. The molecule has 1 aromatic rings. The van der Waals surface area contributed by atoms with E-state index in [9.17, 15) is 8.42 Å². The molecule has 1 atom stereocenters. The van der Waals surface area contributed by atoms with E-state index >= 15 is 0 Å². The highest BCUT2D eigenvalue weighted by Crippen LogP contribution is 2.11. The van der Waals surface area contributed by atoms with E-state index in [1.807, 2.05) is 0 Å². The van der Waals surface area contributed by atoms with Gasteiger partial charge in [-0.3, -0.25) is 0 Å². The van der Waals surface area contributed by atoms with Gasteiger partial charge in [0.2, 0.25) is 0 Å². The van der Waals surface area contributed by atoms with Gasteiger partial charge >= 0.3 is 0 Å². The Morgan fingerprint density at radius 3 is 2.76 bits per heavy atom. The van der Waals surface area contributed by atoms with E-state index in [0.717, 1.165) is 25.8 Å². The first-order chi connectivity index (χ1) is 8.01. The van der Waals surface area contributed by atoms with E-state index in [2.05, 4.69) is 29.1 Å². The van der Waals surface area contributed by atoms with Crippen LogP contribution < -0.4 is 5.32 Å². The van der Waals surface area contributed by atoms with Crippen molar-refractivity contribution in [2.24, 2.45) is 0 Å². The van der Waals surface area contributed by atoms with Gasteiger partial charge in [-0.2, -0.15) is 11.3 Å². The average Bonchev–Trinajstić information content (AvgIpc) is 2.68. The molecule has 98 valence electrons. The predicted octanol–water partition coefficient (Wildman–Crippen LogP) is 2.09. The molecule has 0 saturated carbocycles. The minimum atomic E-state index is -2.82. The average molecular weight is 275 g/mol. The topological polar surface area (TPSA) is 46.2 Å². The predicted molar refractivity (Wildman–Crippen MR) is 74.4 cm³/mol. The zero-order valence-electron chi connectivity index (χ0n) is 10.5. The Morgan fingerprint density at radius 2 is 2.24 bits per heavy atom. The van der Waals surface area contributed by atoms with E-state index in [1.165, 1.54) is 11.8 Å². The van der Waals surface area contributed by atoms with Crippen LogP contribution in [-0.2, 0) is 16.3 Å². The largest absolute Gasteiger partial charge is 0.314 e. The van der Waals surface area contributed by atoms with E-state index in [1.54, 1.807) is 11.3 Å². The summed E-state index contributed by atoms with van der Waals surface area (Å²) in [4.78, 5) is 0. The summed E-state index contributed by atoms with van der Waals surface area (Å²) in [6.45, 7) is 3.00. The van der Waals surface area contributed by atoms with Gasteiger partial charge in [-0.1, -0.05) is 6.92 Å². The minimum absolute atomic E-state index is 0.290. The van der Waals surface area contributed by atoms with Crippen LogP contribution in [0.4, 0.5) is 0 Å². The Hall–Kier alpha value is -0.390. The van der Waals surface area contributed by atoms with Crippen LogP contribution >= 0.6 is 11.3 Å². The minimum Gasteiger partial charge on any atom is -0.314 e. The molecule has 0 spiro atoms. The van der Waals surface area contributed by atoms with Crippen molar-refractivity contribution < 1.29 is 8.42 Å². The third kappa shape index (κ3) is 6.81. The monoisotopic (exact) mass is 275 g/mol. The first kappa shape index (κ1) is 14.7. The molecule has 0 aliphatic heterocycles. The highest BCUT2D eigenvalue weighted by atomic mass is 32.2. The highest BCUT2D eigenvalue weighted by Gasteiger charge is 2.10. The summed E-state index contributed by atoms with van der Waals surface area (Å²) in [5.41, 5.74) is 1.33. The molecule has 0 saturated heterocycles. The smallest absolute Gasteiger partial charge is 0.147 e. The molecular weight excluding hydrogens is 254 g/mol. The Kier molecular flexibility index (Phi) is 6.16. The fourth-order valence-electron chi connectivity index (χ4n) is 1.85. The molecule has 0 amide bonds. The van der Waals surface area contributed by atoms with Gasteiger partial charge in [0, 0.05) is 18.1 Å². The van der Waals surface area contributed by atoms with Crippen molar-refractivity contribution in [2.45, 2.75) is 32.2 Å². The second-order valence-electron chi connectivity index (χ2n) is 4.36. The lowest BCUT2D eigenvalue weighted by molar-refractivity contribution is 0.485. The quantitative estimate of drug-likeness (QED) is 0.790. The molecule has 5 heteroatoms. The maximum atomic E-state index is 11.1. The normalized spacial score (nSPS) is 13.8. The summed E-state index contributed by atoms with van der Waals surface area (Å²) in [5.74, 6) is 0.290. The van der Waals surface area contributed by atoms with Crippen molar-refractivity contribution >= 4 is 21.2 Å². The molecule has 1 N–H and O–H groups in total. The number of thiophene rings is 1. The van der Waals surface area contributed by atoms with Crippen molar-refractivity contribution in [1.29, 1.82) is 0 Å². The second kappa shape index (κ2) is 7.13. The fraction of sp³-hybridized carbons (Fsp3) is 0.667. The van der Waals surface area contributed by atoms with Gasteiger partial charge < -0.3 is 5.32 Å². The molecule has 17 heavy (non-hydrogen) atoms. The molecule has 0 radical (unpaired) electrons. The van der Waals surface area contributed by atoms with Crippen LogP contribution in [0.15, 0.2) is 16.8 Å². The molecule has 1 heterocycles. The number of sulfone groups is 1. The van der Waals surface area contributed by atoms with Crippen LogP contribution in [0.1, 0.15) is 25.3 Å². The van der Waals surface area contributed by atoms with E-state index in [-0.39, 0.29) is 0 Å². The maximum absolute atomic E-state index is 11.1. The molecule has 3 nitrogen and oxygen atoms in total. The molecule has 0 aromatic carbocycles. The third-order valence-corrected chi connectivity index (χ3v) is 4.39. The van der Waals surface area contributed by atoms with Crippen LogP contribution in [0.3, 0.4) is 0 Å². The molecule has 0 bridgehead atoms. The van der Waals surface area contributed by atoms with Crippen LogP contribution in [0.25, 0.3) is 0 Å². The van der Waals surface area contributed by atoms with E-state index < -0.39 is 9.84 Å². The molecule has 1 rings (SSSR count). The standard InChI is InChI=1S/C12H21NO2S2/c1-3-13-12(5-4-8-17(2,14)15)9-11-6-7-16-10-11/h6-7,10,12-13H,3-5,8-9H2,1-2H3. The van der Waals surface area contributed by atoms with Crippen molar-refractivity contribution in [1.82, 2.24) is 5.32 Å². The van der Waals surface area contributed by atoms with Gasteiger partial charge in [-0.15, -0.1) is 0 Å². The van der Waals surface area contributed by atoms with E-state index in [4.69, 9.17) is 0 Å². The van der Waals surface area contributed by atoms with Crippen LogP contribution in [0, 0.1) is 0 Å². The number of likely N-dealkylation sites (N-methyl/N-ethyl adjacent to an activating group) is 1. The summed E-state index contributed by atoms with van der Waals surface area (Å²) in [5, 5.41) is 7.65. The molecule has 1 unspecified atom stereocenters. The number of rotatable bonds is 8. The molecule has 1 aromatic heterocycles. The summed E-state index contributed by atoms with van der Waals surface area (Å²) in [6.07, 6.45) is 3.94. The summed E-state index contributed by atoms with van der Waals surface area (Å²) in [7, 11) is -2.82. The first-order valence-corrected chi connectivity index (χ1v) is 8.94. The van der Waals surface area contributed by atoms with Crippen molar-refractivity contribution in [3.05, 3.63) is 22.4 Å². The lowest BCUT2D eigenvalue weighted by atomic mass is 10.0. The Labute approximate surface area is 108 Å². The lowest BCUT2D eigenvalue weighted by Gasteiger charge is -2.16.